The van der Waals surface area contributed by atoms with Crippen molar-refractivity contribution in [2.45, 2.75) is 6.92 Å². The minimum Gasteiger partial charge on any atom is -0.452 e. The van der Waals surface area contributed by atoms with Gasteiger partial charge in [0.15, 0.2) is 6.61 Å². The molecule has 1 heterocycles. The number of halogens is 1. The summed E-state index contributed by atoms with van der Waals surface area (Å²) < 4.78 is 5.26. The fourth-order valence-corrected chi connectivity index (χ4v) is 4.08. The van der Waals surface area contributed by atoms with Crippen LogP contribution in [0.2, 0.25) is 5.02 Å². The Labute approximate surface area is 218 Å². The van der Waals surface area contributed by atoms with Gasteiger partial charge in [-0.3, -0.25) is 4.79 Å². The highest BCUT2D eigenvalue weighted by Gasteiger charge is 2.16. The molecule has 1 aromatic heterocycles. The number of aryl methyl sites for hydroxylation is 1. The molecule has 1 amide bonds. The van der Waals surface area contributed by atoms with Crippen LogP contribution in [0.5, 0.6) is 0 Å². The molecule has 1 N–H and O–H groups in total. The Morgan fingerprint density at radius 3 is 2.05 bits per heavy atom. The summed E-state index contributed by atoms with van der Waals surface area (Å²) >= 11 is 6.00. The molecular formula is C30H22ClN3O3. The molecule has 37 heavy (non-hydrogen) atoms. The molecule has 0 aliphatic heterocycles. The maximum Gasteiger partial charge on any atom is 0.338 e. The zero-order valence-electron chi connectivity index (χ0n) is 19.9. The minimum atomic E-state index is -0.630. The van der Waals surface area contributed by atoms with Gasteiger partial charge in [0.05, 0.1) is 28.0 Å². The molecule has 0 saturated heterocycles. The van der Waals surface area contributed by atoms with Crippen LogP contribution >= 0.6 is 11.6 Å². The van der Waals surface area contributed by atoms with Gasteiger partial charge in [0, 0.05) is 21.8 Å². The van der Waals surface area contributed by atoms with Crippen molar-refractivity contribution in [3.63, 3.8) is 0 Å². The lowest BCUT2D eigenvalue weighted by molar-refractivity contribution is -0.119. The average Bonchev–Trinajstić information content (AvgIpc) is 2.93. The van der Waals surface area contributed by atoms with Crippen molar-refractivity contribution < 1.29 is 14.3 Å². The van der Waals surface area contributed by atoms with Gasteiger partial charge in [-0.25, -0.2) is 14.8 Å². The Balaban J connectivity index is 1.40. The highest BCUT2D eigenvalue weighted by Crippen LogP contribution is 2.31. The second-order valence-corrected chi connectivity index (χ2v) is 8.88. The third-order valence-electron chi connectivity index (χ3n) is 5.80. The predicted molar refractivity (Wildman–Crippen MR) is 146 cm³/mol. The number of aromatic nitrogens is 2. The molecule has 0 bridgehead atoms. The van der Waals surface area contributed by atoms with E-state index in [9.17, 15) is 9.59 Å². The van der Waals surface area contributed by atoms with Crippen LogP contribution in [0, 0.1) is 6.92 Å². The Hall–Kier alpha value is -4.55. The van der Waals surface area contributed by atoms with Crippen molar-refractivity contribution in [1.29, 1.82) is 0 Å². The molecule has 5 rings (SSSR count). The monoisotopic (exact) mass is 507 g/mol. The van der Waals surface area contributed by atoms with Crippen LogP contribution < -0.4 is 5.32 Å². The number of ether oxygens (including phenoxy) is 1. The van der Waals surface area contributed by atoms with E-state index in [1.807, 2.05) is 67.6 Å². The Kier molecular flexibility index (Phi) is 6.92. The maximum absolute atomic E-state index is 12.7. The van der Waals surface area contributed by atoms with Crippen LogP contribution in [-0.4, -0.2) is 28.5 Å². The van der Waals surface area contributed by atoms with Crippen molar-refractivity contribution >= 4 is 40.2 Å². The van der Waals surface area contributed by atoms with Crippen LogP contribution in [0.15, 0.2) is 97.1 Å². The smallest absolute Gasteiger partial charge is 0.338 e. The van der Waals surface area contributed by atoms with Gasteiger partial charge < -0.3 is 10.1 Å². The highest BCUT2D eigenvalue weighted by atomic mass is 35.5. The van der Waals surface area contributed by atoms with Crippen molar-refractivity contribution in [3.05, 3.63) is 113 Å². The molecule has 7 heteroatoms. The topological polar surface area (TPSA) is 81.2 Å². The number of hydrogen-bond acceptors (Lipinski definition) is 5. The molecule has 0 unspecified atom stereocenters. The lowest BCUT2D eigenvalue weighted by Gasteiger charge is -2.12. The van der Waals surface area contributed by atoms with Crippen molar-refractivity contribution in [3.8, 4) is 22.5 Å². The number of nitrogens with zero attached hydrogens (tertiary/aromatic N) is 2. The summed E-state index contributed by atoms with van der Waals surface area (Å²) in [5.41, 5.74) is 6.20. The minimum absolute atomic E-state index is 0.278. The summed E-state index contributed by atoms with van der Waals surface area (Å²) in [5, 5.41) is 3.21. The fraction of sp³-hybridized carbons (Fsp3) is 0.0667. The number of benzene rings is 4. The quantitative estimate of drug-likeness (QED) is 0.258. The highest BCUT2D eigenvalue weighted by molar-refractivity contribution is 6.31. The first-order chi connectivity index (χ1) is 18.0. The molecule has 0 aliphatic rings. The third kappa shape index (κ3) is 5.50. The van der Waals surface area contributed by atoms with Crippen LogP contribution in [0.25, 0.3) is 33.5 Å². The maximum atomic E-state index is 12.7. The summed E-state index contributed by atoms with van der Waals surface area (Å²) in [6.45, 7) is 1.41. The Morgan fingerprint density at radius 1 is 0.784 bits per heavy atom. The molecular weight excluding hydrogens is 486 g/mol. The summed E-state index contributed by atoms with van der Waals surface area (Å²) in [4.78, 5) is 34.8. The molecule has 0 fully saturated rings. The van der Waals surface area contributed by atoms with Gasteiger partial charge in [0.2, 0.25) is 0 Å². The molecule has 6 nitrogen and oxygen atoms in total. The first-order valence-corrected chi connectivity index (χ1v) is 12.0. The molecule has 0 atom stereocenters. The number of anilines is 1. The number of carbonyl (C=O) groups excluding carboxylic acids is 2. The number of rotatable bonds is 6. The van der Waals surface area contributed by atoms with E-state index in [2.05, 4.69) is 5.32 Å². The van der Waals surface area contributed by atoms with E-state index >= 15 is 0 Å². The molecule has 5 aromatic rings. The Bertz CT molecular complexity index is 1610. The second-order valence-electron chi connectivity index (χ2n) is 8.44. The largest absolute Gasteiger partial charge is 0.452 e. The van der Waals surface area contributed by atoms with Crippen LogP contribution in [0.4, 0.5) is 5.69 Å². The standard InChI is InChI=1S/C30H22ClN3O3/c1-19-12-14-23(31)17-25(19)32-27(35)18-37-30(36)22-13-15-24-26(16-22)34-29(21-10-6-3-7-11-21)28(33-24)20-8-4-2-5-9-20/h2-17H,18H2,1H3,(H,32,35). The number of fused-ring (bicyclic) bond motifs is 1. The number of nitrogens with one attached hydrogen (secondary N) is 1. The average molecular weight is 508 g/mol. The zero-order valence-corrected chi connectivity index (χ0v) is 20.7. The zero-order chi connectivity index (χ0) is 25.8. The fourth-order valence-electron chi connectivity index (χ4n) is 3.91. The first kappa shape index (κ1) is 24.2. The van der Waals surface area contributed by atoms with E-state index in [1.165, 1.54) is 0 Å². The van der Waals surface area contributed by atoms with Crippen molar-refractivity contribution in [2.24, 2.45) is 0 Å². The van der Waals surface area contributed by atoms with E-state index < -0.39 is 18.5 Å². The number of esters is 1. The summed E-state index contributed by atoms with van der Waals surface area (Å²) in [5.74, 6) is -1.09. The lowest BCUT2D eigenvalue weighted by atomic mass is 10.0. The van der Waals surface area contributed by atoms with Gasteiger partial charge in [0.1, 0.15) is 0 Å². The van der Waals surface area contributed by atoms with Crippen molar-refractivity contribution in [2.75, 3.05) is 11.9 Å². The van der Waals surface area contributed by atoms with Gasteiger partial charge in [-0.05, 0) is 42.8 Å². The number of carbonyl (C=O) groups is 2. The molecule has 4 aromatic carbocycles. The third-order valence-corrected chi connectivity index (χ3v) is 6.04. The number of amides is 1. The van der Waals surface area contributed by atoms with E-state index in [0.717, 1.165) is 22.4 Å². The molecule has 0 aliphatic carbocycles. The summed E-state index contributed by atoms with van der Waals surface area (Å²) in [6, 6.07) is 29.8. The van der Waals surface area contributed by atoms with Gasteiger partial charge in [-0.15, -0.1) is 0 Å². The van der Waals surface area contributed by atoms with E-state index in [4.69, 9.17) is 26.3 Å². The van der Waals surface area contributed by atoms with Gasteiger partial charge >= 0.3 is 5.97 Å². The van der Waals surface area contributed by atoms with Gasteiger partial charge in [-0.2, -0.15) is 0 Å². The summed E-state index contributed by atoms with van der Waals surface area (Å²) in [6.07, 6.45) is 0. The predicted octanol–water partition coefficient (Wildman–Crippen LogP) is 6.72. The second kappa shape index (κ2) is 10.6. The van der Waals surface area contributed by atoms with Crippen LogP contribution in [-0.2, 0) is 9.53 Å². The van der Waals surface area contributed by atoms with Gasteiger partial charge in [-0.1, -0.05) is 78.3 Å². The van der Waals surface area contributed by atoms with Crippen LogP contribution in [0.1, 0.15) is 15.9 Å². The summed E-state index contributed by atoms with van der Waals surface area (Å²) in [7, 11) is 0. The SMILES string of the molecule is Cc1ccc(Cl)cc1NC(=O)COC(=O)c1ccc2nc(-c3ccccc3)c(-c3ccccc3)nc2c1. The first-order valence-electron chi connectivity index (χ1n) is 11.6. The normalized spacial score (nSPS) is 10.8. The van der Waals surface area contributed by atoms with Crippen LogP contribution in [0.3, 0.4) is 0 Å². The molecule has 0 spiro atoms. The lowest BCUT2D eigenvalue weighted by Crippen LogP contribution is -2.21. The van der Waals surface area contributed by atoms with E-state index in [1.54, 1.807) is 36.4 Å². The molecule has 0 saturated carbocycles. The number of hydrogen-bond donors (Lipinski definition) is 1. The van der Waals surface area contributed by atoms with E-state index in [-0.39, 0.29) is 5.56 Å². The Morgan fingerprint density at radius 2 is 1.41 bits per heavy atom. The van der Waals surface area contributed by atoms with Gasteiger partial charge in [0.25, 0.3) is 5.91 Å². The van der Waals surface area contributed by atoms with E-state index in [0.29, 0.717) is 27.4 Å². The van der Waals surface area contributed by atoms with Crippen molar-refractivity contribution in [1.82, 2.24) is 9.97 Å². The molecule has 182 valence electrons. The molecule has 0 radical (unpaired) electrons.